The van der Waals surface area contributed by atoms with E-state index in [-0.39, 0.29) is 36.0 Å². The number of hydrogen-bond acceptors (Lipinski definition) is 7. The predicted molar refractivity (Wildman–Crippen MR) is 125 cm³/mol. The lowest BCUT2D eigenvalue weighted by Gasteiger charge is -2.33. The first-order chi connectivity index (χ1) is 15.8. The van der Waals surface area contributed by atoms with Crippen LogP contribution < -0.4 is 15.0 Å². The number of ketones is 1. The van der Waals surface area contributed by atoms with Crippen molar-refractivity contribution in [3.63, 3.8) is 0 Å². The Bertz CT molecular complexity index is 1210. The van der Waals surface area contributed by atoms with Gasteiger partial charge >= 0.3 is 0 Å². The van der Waals surface area contributed by atoms with E-state index in [0.717, 1.165) is 0 Å². The quantitative estimate of drug-likeness (QED) is 0.422. The summed E-state index contributed by atoms with van der Waals surface area (Å²) in [4.78, 5) is 38.0. The molecule has 0 spiro atoms. The smallest absolute Gasteiger partial charge is 0.265 e. The molecule has 0 bridgehead atoms. The number of rotatable bonds is 7. The second-order valence-corrected chi connectivity index (χ2v) is 8.51. The minimum absolute atomic E-state index is 0.0296. The van der Waals surface area contributed by atoms with Crippen molar-refractivity contribution >= 4 is 40.7 Å². The Balaban J connectivity index is 1.42. The number of fused-ring (bicyclic) bond motifs is 1. The Labute approximate surface area is 195 Å². The van der Waals surface area contributed by atoms with Gasteiger partial charge in [0.05, 0.1) is 17.5 Å². The van der Waals surface area contributed by atoms with Crippen molar-refractivity contribution in [2.75, 3.05) is 22.6 Å². The van der Waals surface area contributed by atoms with Crippen molar-refractivity contribution < 1.29 is 19.1 Å². The molecule has 1 aromatic heterocycles. The first-order valence-corrected chi connectivity index (χ1v) is 11.3. The van der Waals surface area contributed by atoms with Crippen molar-refractivity contribution in [2.45, 2.75) is 25.0 Å². The third kappa shape index (κ3) is 4.75. The number of thioether (sulfide) groups is 1. The van der Waals surface area contributed by atoms with E-state index >= 15 is 0 Å². The van der Waals surface area contributed by atoms with E-state index in [4.69, 9.17) is 4.74 Å². The van der Waals surface area contributed by atoms with Crippen LogP contribution in [0.2, 0.25) is 0 Å². The molecule has 2 aromatic carbocycles. The molecule has 0 unspecified atom stereocenters. The summed E-state index contributed by atoms with van der Waals surface area (Å²) in [6.07, 6.45) is 0. The van der Waals surface area contributed by atoms with Gasteiger partial charge in [-0.15, -0.1) is 10.2 Å². The van der Waals surface area contributed by atoms with Gasteiger partial charge in [-0.25, -0.2) is 0 Å². The fourth-order valence-corrected chi connectivity index (χ4v) is 4.31. The predicted octanol–water partition coefficient (Wildman–Crippen LogP) is 3.24. The molecule has 3 aromatic rings. The molecular weight excluding hydrogens is 442 g/mol. The number of Topliss-reactive ketones (excluding diaryl/α,β-unsaturated/α-hetero) is 1. The van der Waals surface area contributed by atoms with Crippen molar-refractivity contribution in [1.82, 2.24) is 14.8 Å². The minimum atomic E-state index is -0.372. The summed E-state index contributed by atoms with van der Waals surface area (Å²) >= 11 is 1.25. The molecule has 2 amide bonds. The highest BCUT2D eigenvalue weighted by molar-refractivity contribution is 7.99. The van der Waals surface area contributed by atoms with E-state index in [1.807, 2.05) is 38.2 Å². The molecular formula is C23H23N5O4S. The summed E-state index contributed by atoms with van der Waals surface area (Å²) in [5.41, 5.74) is 1.89. The van der Waals surface area contributed by atoms with Crippen LogP contribution in [-0.4, -0.2) is 44.7 Å². The van der Waals surface area contributed by atoms with Crippen LogP contribution in [0.4, 0.5) is 11.4 Å². The standard InChI is InChI=1S/C23H23N5O4S/c1-14(28-18-6-4-5-7-19(18)32-12-21(28)31)22-25-26-23(27(22)3)33-13-20(30)24-17-10-8-16(9-11-17)15(2)29/h4-11,14H,12-13H2,1-3H3,(H,24,30)/t14-/m0/s1. The van der Waals surface area contributed by atoms with Gasteiger partial charge in [-0.2, -0.15) is 0 Å². The van der Waals surface area contributed by atoms with Crippen LogP contribution in [0.3, 0.4) is 0 Å². The van der Waals surface area contributed by atoms with E-state index in [2.05, 4.69) is 15.5 Å². The monoisotopic (exact) mass is 465 g/mol. The van der Waals surface area contributed by atoms with Crippen molar-refractivity contribution in [1.29, 1.82) is 0 Å². The van der Waals surface area contributed by atoms with Gasteiger partial charge in [-0.1, -0.05) is 23.9 Å². The normalized spacial score (nSPS) is 13.8. The molecule has 1 aliphatic heterocycles. The summed E-state index contributed by atoms with van der Waals surface area (Å²) in [6.45, 7) is 3.35. The SMILES string of the molecule is CC(=O)c1ccc(NC(=O)CSc2nnc([C@H](C)N3C(=O)COc4ccccc43)n2C)cc1. The molecule has 33 heavy (non-hydrogen) atoms. The van der Waals surface area contributed by atoms with Crippen molar-refractivity contribution in [2.24, 2.45) is 7.05 Å². The molecule has 1 N–H and O–H groups in total. The molecule has 2 heterocycles. The van der Waals surface area contributed by atoms with E-state index in [1.165, 1.54) is 18.7 Å². The van der Waals surface area contributed by atoms with Crippen molar-refractivity contribution in [3.05, 3.63) is 59.9 Å². The zero-order valence-electron chi connectivity index (χ0n) is 18.4. The number of aromatic nitrogens is 3. The summed E-state index contributed by atoms with van der Waals surface area (Å²) in [5.74, 6) is 0.988. The maximum absolute atomic E-state index is 12.6. The number of nitrogens with zero attached hydrogens (tertiary/aromatic N) is 4. The van der Waals surface area contributed by atoms with Crippen molar-refractivity contribution in [3.8, 4) is 5.75 Å². The number of carbonyl (C=O) groups excluding carboxylic acids is 3. The van der Waals surface area contributed by atoms with Gasteiger partial charge in [0.1, 0.15) is 5.75 Å². The lowest BCUT2D eigenvalue weighted by molar-refractivity contribution is -0.121. The third-order valence-corrected chi connectivity index (χ3v) is 6.30. The maximum Gasteiger partial charge on any atom is 0.265 e. The number of ether oxygens (including phenoxy) is 1. The van der Waals surface area contributed by atoms with Gasteiger partial charge in [0.15, 0.2) is 23.4 Å². The average molecular weight is 466 g/mol. The van der Waals surface area contributed by atoms with Crippen LogP contribution in [0.1, 0.15) is 36.1 Å². The van der Waals surface area contributed by atoms with Gasteiger partial charge < -0.3 is 14.6 Å². The second kappa shape index (κ2) is 9.45. The highest BCUT2D eigenvalue weighted by Crippen LogP contribution is 2.37. The molecule has 0 aliphatic carbocycles. The third-order valence-electron chi connectivity index (χ3n) is 5.28. The van der Waals surface area contributed by atoms with Crippen LogP contribution in [0.5, 0.6) is 5.75 Å². The van der Waals surface area contributed by atoms with E-state index < -0.39 is 0 Å². The molecule has 4 rings (SSSR count). The molecule has 9 nitrogen and oxygen atoms in total. The van der Waals surface area contributed by atoms with Crippen LogP contribution in [-0.2, 0) is 16.6 Å². The van der Waals surface area contributed by atoms with Gasteiger partial charge in [0.2, 0.25) is 5.91 Å². The Morgan fingerprint density at radius 1 is 1.15 bits per heavy atom. The van der Waals surface area contributed by atoms with Gasteiger partial charge in [0.25, 0.3) is 5.91 Å². The van der Waals surface area contributed by atoms with Crippen LogP contribution >= 0.6 is 11.8 Å². The highest BCUT2D eigenvalue weighted by Gasteiger charge is 2.32. The summed E-state index contributed by atoms with van der Waals surface area (Å²) in [6, 6.07) is 13.7. The minimum Gasteiger partial charge on any atom is -0.482 e. The first kappa shape index (κ1) is 22.5. The molecule has 0 fully saturated rings. The number of para-hydroxylation sites is 2. The van der Waals surface area contributed by atoms with Crippen LogP contribution in [0.25, 0.3) is 0 Å². The Morgan fingerprint density at radius 3 is 2.61 bits per heavy atom. The van der Waals surface area contributed by atoms with Gasteiger partial charge in [0, 0.05) is 18.3 Å². The molecule has 1 atom stereocenters. The topological polar surface area (TPSA) is 106 Å². The van der Waals surface area contributed by atoms with Gasteiger partial charge in [-0.3, -0.25) is 19.3 Å². The zero-order valence-corrected chi connectivity index (χ0v) is 19.3. The molecule has 0 saturated heterocycles. The number of carbonyl (C=O) groups is 3. The van der Waals surface area contributed by atoms with E-state index in [1.54, 1.807) is 33.7 Å². The molecule has 10 heteroatoms. The lowest BCUT2D eigenvalue weighted by Crippen LogP contribution is -2.41. The Kier molecular flexibility index (Phi) is 6.45. The number of amides is 2. The maximum atomic E-state index is 12.6. The number of anilines is 2. The number of hydrogen-bond donors (Lipinski definition) is 1. The number of benzene rings is 2. The Morgan fingerprint density at radius 2 is 1.88 bits per heavy atom. The lowest BCUT2D eigenvalue weighted by atomic mass is 10.1. The van der Waals surface area contributed by atoms with E-state index in [9.17, 15) is 14.4 Å². The summed E-state index contributed by atoms with van der Waals surface area (Å²) in [5, 5.41) is 11.9. The van der Waals surface area contributed by atoms with Crippen LogP contribution in [0.15, 0.2) is 53.7 Å². The molecule has 1 aliphatic rings. The zero-order chi connectivity index (χ0) is 23.5. The summed E-state index contributed by atoms with van der Waals surface area (Å²) in [7, 11) is 1.81. The average Bonchev–Trinajstić information content (AvgIpc) is 3.18. The second-order valence-electron chi connectivity index (χ2n) is 7.57. The first-order valence-electron chi connectivity index (χ1n) is 10.3. The van der Waals surface area contributed by atoms with Gasteiger partial charge in [-0.05, 0) is 50.2 Å². The largest absolute Gasteiger partial charge is 0.482 e. The molecule has 0 saturated carbocycles. The van der Waals surface area contributed by atoms with E-state index in [0.29, 0.717) is 33.7 Å². The molecule has 0 radical (unpaired) electrons. The fourth-order valence-electron chi connectivity index (χ4n) is 3.59. The number of nitrogens with one attached hydrogen (secondary N) is 1. The summed E-state index contributed by atoms with van der Waals surface area (Å²) < 4.78 is 7.31. The highest BCUT2D eigenvalue weighted by atomic mass is 32.2. The van der Waals surface area contributed by atoms with Crippen LogP contribution in [0, 0.1) is 0 Å². The fraction of sp³-hybridized carbons (Fsp3) is 0.261. The Hall–Kier alpha value is -3.66. The molecule has 170 valence electrons.